The highest BCUT2D eigenvalue weighted by molar-refractivity contribution is 6.31. The summed E-state index contributed by atoms with van der Waals surface area (Å²) in [5.41, 5.74) is 0.945. The molecule has 6 heteroatoms. The average Bonchev–Trinajstić information content (AvgIpc) is 2.38. The number of aromatic nitrogens is 2. The van der Waals surface area contributed by atoms with E-state index in [1.807, 2.05) is 19.1 Å². The molecule has 5 nitrogen and oxygen atoms in total. The molecule has 0 fully saturated rings. The van der Waals surface area contributed by atoms with E-state index in [4.69, 9.17) is 11.6 Å². The largest absolute Gasteiger partial charge is 0.341 e. The van der Waals surface area contributed by atoms with Crippen molar-refractivity contribution in [2.75, 3.05) is 5.32 Å². The zero-order chi connectivity index (χ0) is 14.2. The van der Waals surface area contributed by atoms with E-state index in [-0.39, 0.29) is 11.2 Å². The van der Waals surface area contributed by atoms with Gasteiger partial charge in [-0.1, -0.05) is 17.7 Å². The lowest BCUT2D eigenvalue weighted by Crippen LogP contribution is -2.37. The summed E-state index contributed by atoms with van der Waals surface area (Å²) >= 11 is 6.03. The normalized spacial score (nSPS) is 10.5. The van der Waals surface area contributed by atoms with Crippen molar-refractivity contribution >= 4 is 23.1 Å². The molecule has 1 aromatic carbocycles. The number of aryl methyl sites for hydroxylation is 1. The van der Waals surface area contributed by atoms with Gasteiger partial charge in [-0.3, -0.25) is 13.9 Å². The Labute approximate surface area is 115 Å². The number of nitrogens with one attached hydrogen (secondary N) is 1. The zero-order valence-electron chi connectivity index (χ0n) is 10.9. The van der Waals surface area contributed by atoms with Crippen LogP contribution in [0.25, 0.3) is 0 Å². The van der Waals surface area contributed by atoms with Crippen LogP contribution in [-0.4, -0.2) is 9.13 Å². The molecular formula is C13H14ClN3O2. The second kappa shape index (κ2) is 4.93. The minimum atomic E-state index is -0.381. The zero-order valence-corrected chi connectivity index (χ0v) is 11.7. The van der Waals surface area contributed by atoms with E-state index in [2.05, 4.69) is 5.32 Å². The van der Waals surface area contributed by atoms with Crippen LogP contribution >= 0.6 is 11.6 Å². The van der Waals surface area contributed by atoms with E-state index in [0.717, 1.165) is 15.8 Å². The molecule has 1 N–H and O–H groups in total. The van der Waals surface area contributed by atoms with Crippen LogP contribution in [0.4, 0.5) is 11.5 Å². The Morgan fingerprint density at radius 2 is 1.79 bits per heavy atom. The van der Waals surface area contributed by atoms with Crippen molar-refractivity contribution in [3.63, 3.8) is 0 Å². The second-order valence-electron chi connectivity index (χ2n) is 4.36. The maximum Gasteiger partial charge on any atom is 0.332 e. The second-order valence-corrected chi connectivity index (χ2v) is 4.76. The molecule has 0 aliphatic carbocycles. The summed E-state index contributed by atoms with van der Waals surface area (Å²) < 4.78 is 2.42. The third kappa shape index (κ3) is 2.56. The summed E-state index contributed by atoms with van der Waals surface area (Å²) in [6, 6.07) is 6.82. The topological polar surface area (TPSA) is 56.0 Å². The number of benzene rings is 1. The first-order valence-corrected chi connectivity index (χ1v) is 6.08. The molecule has 0 spiro atoms. The third-order valence-electron chi connectivity index (χ3n) is 2.97. The number of halogens is 1. The van der Waals surface area contributed by atoms with Crippen molar-refractivity contribution < 1.29 is 0 Å². The Morgan fingerprint density at radius 3 is 2.42 bits per heavy atom. The molecule has 0 aliphatic heterocycles. The maximum atomic E-state index is 11.8. The Bertz CT molecular complexity index is 747. The van der Waals surface area contributed by atoms with Crippen LogP contribution in [0.5, 0.6) is 0 Å². The first-order chi connectivity index (χ1) is 8.90. The van der Waals surface area contributed by atoms with Crippen molar-refractivity contribution in [1.82, 2.24) is 9.13 Å². The van der Waals surface area contributed by atoms with Crippen LogP contribution in [-0.2, 0) is 14.1 Å². The van der Waals surface area contributed by atoms with E-state index in [0.29, 0.717) is 10.8 Å². The van der Waals surface area contributed by atoms with E-state index in [9.17, 15) is 9.59 Å². The van der Waals surface area contributed by atoms with Crippen LogP contribution in [0.1, 0.15) is 5.56 Å². The molecule has 0 amide bonds. The van der Waals surface area contributed by atoms with Gasteiger partial charge >= 0.3 is 5.69 Å². The first kappa shape index (κ1) is 13.4. The predicted molar refractivity (Wildman–Crippen MR) is 76.4 cm³/mol. The predicted octanol–water partition coefficient (Wildman–Crippen LogP) is 1.79. The lowest BCUT2D eigenvalue weighted by molar-refractivity contribution is 0.693. The van der Waals surface area contributed by atoms with Gasteiger partial charge in [0, 0.05) is 30.9 Å². The summed E-state index contributed by atoms with van der Waals surface area (Å²) in [6.45, 7) is 1.90. The van der Waals surface area contributed by atoms with Crippen LogP contribution in [0.15, 0.2) is 33.9 Å². The monoisotopic (exact) mass is 279 g/mol. The van der Waals surface area contributed by atoms with Gasteiger partial charge in [-0.15, -0.1) is 0 Å². The summed E-state index contributed by atoms with van der Waals surface area (Å²) in [5, 5.41) is 3.64. The van der Waals surface area contributed by atoms with Crippen molar-refractivity contribution in [2.24, 2.45) is 14.1 Å². The third-order valence-corrected chi connectivity index (χ3v) is 3.38. The number of rotatable bonds is 2. The Kier molecular flexibility index (Phi) is 3.48. The molecule has 0 radical (unpaired) electrons. The van der Waals surface area contributed by atoms with Gasteiger partial charge in [-0.25, -0.2) is 4.79 Å². The Balaban J connectivity index is 2.47. The minimum Gasteiger partial charge on any atom is -0.341 e. The molecule has 0 aliphatic rings. The molecule has 19 heavy (non-hydrogen) atoms. The molecule has 0 atom stereocenters. The number of anilines is 2. The molecular weight excluding hydrogens is 266 g/mol. The molecule has 2 rings (SSSR count). The molecule has 1 aromatic heterocycles. The van der Waals surface area contributed by atoms with Crippen molar-refractivity contribution in [1.29, 1.82) is 0 Å². The highest BCUT2D eigenvalue weighted by Crippen LogP contribution is 2.22. The summed E-state index contributed by atoms with van der Waals surface area (Å²) in [5.74, 6) is 0.424. The highest BCUT2D eigenvalue weighted by Gasteiger charge is 2.06. The van der Waals surface area contributed by atoms with Crippen molar-refractivity contribution in [3.8, 4) is 0 Å². The molecule has 0 saturated heterocycles. The van der Waals surface area contributed by atoms with Crippen LogP contribution in [0.2, 0.25) is 5.02 Å². The Hall–Kier alpha value is -2.01. The quantitative estimate of drug-likeness (QED) is 0.912. The van der Waals surface area contributed by atoms with Gasteiger partial charge in [0.05, 0.1) is 0 Å². The number of hydrogen-bond acceptors (Lipinski definition) is 3. The summed E-state index contributed by atoms with van der Waals surface area (Å²) in [7, 11) is 3.04. The number of nitrogens with zero attached hydrogens (tertiary/aromatic N) is 2. The van der Waals surface area contributed by atoms with Gasteiger partial charge in [-0.2, -0.15) is 0 Å². The van der Waals surface area contributed by atoms with Gasteiger partial charge in [0.2, 0.25) is 0 Å². The van der Waals surface area contributed by atoms with Gasteiger partial charge in [0.25, 0.3) is 5.56 Å². The standard InChI is InChI=1S/C13H14ClN3O2/c1-8-4-5-9(6-10(8)14)15-11-7-12(18)17(3)13(19)16(11)2/h4-7,15H,1-3H3. The molecule has 1 heterocycles. The SMILES string of the molecule is Cc1ccc(Nc2cc(=O)n(C)c(=O)n2C)cc1Cl. The fourth-order valence-corrected chi connectivity index (χ4v) is 1.85. The van der Waals surface area contributed by atoms with E-state index < -0.39 is 0 Å². The summed E-state index contributed by atoms with van der Waals surface area (Å²) in [4.78, 5) is 23.4. The molecule has 0 bridgehead atoms. The summed E-state index contributed by atoms with van der Waals surface area (Å²) in [6.07, 6.45) is 0. The maximum absolute atomic E-state index is 11.8. The highest BCUT2D eigenvalue weighted by atomic mass is 35.5. The van der Waals surface area contributed by atoms with Crippen molar-refractivity contribution in [3.05, 3.63) is 55.7 Å². The van der Waals surface area contributed by atoms with Gasteiger partial charge in [0.15, 0.2) is 0 Å². The van der Waals surface area contributed by atoms with Crippen LogP contribution in [0, 0.1) is 6.92 Å². The van der Waals surface area contributed by atoms with Crippen molar-refractivity contribution in [2.45, 2.75) is 6.92 Å². The minimum absolute atomic E-state index is 0.358. The molecule has 0 unspecified atom stereocenters. The lowest BCUT2D eigenvalue weighted by Gasteiger charge is -2.12. The first-order valence-electron chi connectivity index (χ1n) is 5.70. The van der Waals surface area contributed by atoms with Crippen LogP contribution in [0.3, 0.4) is 0 Å². The fraction of sp³-hybridized carbons (Fsp3) is 0.231. The van der Waals surface area contributed by atoms with Gasteiger partial charge in [-0.05, 0) is 24.6 Å². The van der Waals surface area contributed by atoms with E-state index in [1.54, 1.807) is 13.1 Å². The van der Waals surface area contributed by atoms with E-state index >= 15 is 0 Å². The Morgan fingerprint density at radius 1 is 1.11 bits per heavy atom. The smallest absolute Gasteiger partial charge is 0.332 e. The van der Waals surface area contributed by atoms with E-state index in [1.165, 1.54) is 17.7 Å². The fourth-order valence-electron chi connectivity index (χ4n) is 1.67. The average molecular weight is 280 g/mol. The number of hydrogen-bond donors (Lipinski definition) is 1. The van der Waals surface area contributed by atoms with Gasteiger partial charge < -0.3 is 5.32 Å². The van der Waals surface area contributed by atoms with Gasteiger partial charge in [0.1, 0.15) is 5.82 Å². The van der Waals surface area contributed by atoms with Crippen LogP contribution < -0.4 is 16.6 Å². The molecule has 100 valence electrons. The lowest BCUT2D eigenvalue weighted by atomic mass is 10.2. The molecule has 0 saturated carbocycles. The molecule has 2 aromatic rings.